The van der Waals surface area contributed by atoms with Crippen LogP contribution < -0.4 is 21.1 Å². The van der Waals surface area contributed by atoms with Crippen molar-refractivity contribution in [2.24, 2.45) is 0 Å². The topological polar surface area (TPSA) is 138 Å². The summed E-state index contributed by atoms with van der Waals surface area (Å²) < 4.78 is 6.63. The number of H-pyrrole nitrogens is 1. The third-order valence-corrected chi connectivity index (χ3v) is 5.72. The lowest BCUT2D eigenvalue weighted by molar-refractivity contribution is -0.121. The van der Waals surface area contributed by atoms with Gasteiger partial charge in [-0.3, -0.25) is 30.0 Å². The minimum atomic E-state index is -0.600. The summed E-state index contributed by atoms with van der Waals surface area (Å²) in [6.07, 6.45) is 3.63. The van der Waals surface area contributed by atoms with Gasteiger partial charge >= 0.3 is 0 Å². The van der Waals surface area contributed by atoms with Crippen LogP contribution in [0, 0.1) is 0 Å². The van der Waals surface area contributed by atoms with Crippen molar-refractivity contribution in [1.82, 2.24) is 30.3 Å². The number of hydrazine groups is 1. The van der Waals surface area contributed by atoms with Crippen LogP contribution in [-0.4, -0.2) is 57.9 Å². The fraction of sp³-hybridized carbons (Fsp3) is 0.318. The molecule has 3 aromatic rings. The van der Waals surface area contributed by atoms with E-state index in [1.807, 2.05) is 0 Å². The highest BCUT2D eigenvalue weighted by atomic mass is 16.5. The monoisotopic (exact) mass is 452 g/mol. The third-order valence-electron chi connectivity index (χ3n) is 5.72. The number of hydrogen-bond acceptors (Lipinski definition) is 6. The lowest BCUT2D eigenvalue weighted by atomic mass is 9.93. The van der Waals surface area contributed by atoms with E-state index in [9.17, 15) is 19.2 Å². The Morgan fingerprint density at radius 1 is 1.21 bits per heavy atom. The number of methoxy groups -OCH3 is 1. The Morgan fingerprint density at radius 2 is 1.94 bits per heavy atom. The van der Waals surface area contributed by atoms with Gasteiger partial charge in [0.15, 0.2) is 0 Å². The van der Waals surface area contributed by atoms with E-state index in [0.717, 1.165) is 12.0 Å². The highest BCUT2D eigenvalue weighted by Gasteiger charge is 2.24. The van der Waals surface area contributed by atoms with Crippen molar-refractivity contribution in [3.8, 4) is 5.75 Å². The number of hydrogen-bond donors (Lipinski definition) is 3. The average Bonchev–Trinajstić information content (AvgIpc) is 3.26. The number of aromatic amines is 1. The van der Waals surface area contributed by atoms with E-state index in [2.05, 4.69) is 20.9 Å². The van der Waals surface area contributed by atoms with Crippen molar-refractivity contribution in [3.63, 3.8) is 0 Å². The first-order valence-electron chi connectivity index (χ1n) is 10.5. The van der Waals surface area contributed by atoms with Gasteiger partial charge in [-0.15, -0.1) is 0 Å². The Hall–Kier alpha value is -4.15. The van der Waals surface area contributed by atoms with Gasteiger partial charge in [-0.2, -0.15) is 5.10 Å². The first-order valence-corrected chi connectivity index (χ1v) is 10.5. The largest absolute Gasteiger partial charge is 0.497 e. The van der Waals surface area contributed by atoms with Crippen LogP contribution >= 0.6 is 0 Å². The lowest BCUT2D eigenvalue weighted by Gasteiger charge is -2.29. The van der Waals surface area contributed by atoms with E-state index in [4.69, 9.17) is 4.74 Å². The number of nitrogens with zero attached hydrogens (tertiary/aromatic N) is 3. The zero-order valence-corrected chi connectivity index (χ0v) is 18.0. The van der Waals surface area contributed by atoms with Crippen LogP contribution in [0.2, 0.25) is 0 Å². The Balaban J connectivity index is 1.45. The maximum absolute atomic E-state index is 12.7. The van der Waals surface area contributed by atoms with Gasteiger partial charge in [0.25, 0.3) is 11.5 Å². The Labute approximate surface area is 188 Å². The first-order chi connectivity index (χ1) is 16.0. The van der Waals surface area contributed by atoms with Crippen LogP contribution in [0.15, 0.2) is 41.3 Å². The number of rotatable bonds is 6. The van der Waals surface area contributed by atoms with Gasteiger partial charge in [0, 0.05) is 25.1 Å². The van der Waals surface area contributed by atoms with Gasteiger partial charge in [0.1, 0.15) is 17.0 Å². The summed E-state index contributed by atoms with van der Waals surface area (Å²) in [6, 6.07) is 8.49. The summed E-state index contributed by atoms with van der Waals surface area (Å²) >= 11 is 0. The van der Waals surface area contributed by atoms with Gasteiger partial charge in [-0.1, -0.05) is 12.1 Å². The molecule has 172 valence electrons. The van der Waals surface area contributed by atoms with Crippen molar-refractivity contribution in [3.05, 3.63) is 63.7 Å². The summed E-state index contributed by atoms with van der Waals surface area (Å²) in [5.74, 6) is -0.285. The Bertz CT molecular complexity index is 1220. The van der Waals surface area contributed by atoms with Gasteiger partial charge < -0.3 is 14.6 Å². The molecule has 0 unspecified atom stereocenters. The maximum Gasteiger partial charge on any atom is 0.275 e. The molecule has 0 bridgehead atoms. The van der Waals surface area contributed by atoms with Gasteiger partial charge in [-0.05, 0) is 30.5 Å². The zero-order valence-electron chi connectivity index (χ0n) is 18.0. The summed E-state index contributed by atoms with van der Waals surface area (Å²) in [5.41, 5.74) is 6.21. The highest BCUT2D eigenvalue weighted by molar-refractivity contribution is 6.00. The maximum atomic E-state index is 12.7. The number of amides is 3. The Kier molecular flexibility index (Phi) is 6.38. The summed E-state index contributed by atoms with van der Waals surface area (Å²) in [5, 5.41) is 4.28. The second-order valence-corrected chi connectivity index (χ2v) is 7.82. The van der Waals surface area contributed by atoms with Crippen molar-refractivity contribution in [2.45, 2.75) is 25.2 Å². The van der Waals surface area contributed by atoms with Crippen LogP contribution in [0.5, 0.6) is 5.75 Å². The van der Waals surface area contributed by atoms with Crippen molar-refractivity contribution in [2.75, 3.05) is 20.2 Å². The molecule has 3 heterocycles. The molecular formula is C22H24N6O5. The molecule has 0 radical (unpaired) electrons. The molecule has 3 N–H and O–H groups in total. The molecule has 0 aliphatic carbocycles. The number of benzene rings is 1. The van der Waals surface area contributed by atoms with E-state index in [1.54, 1.807) is 36.3 Å². The average molecular weight is 452 g/mol. The molecule has 0 spiro atoms. The molecule has 2 aromatic heterocycles. The third kappa shape index (κ3) is 4.86. The number of piperidine rings is 1. The van der Waals surface area contributed by atoms with Gasteiger partial charge in [-0.25, -0.2) is 4.52 Å². The summed E-state index contributed by atoms with van der Waals surface area (Å²) in [4.78, 5) is 52.5. The van der Waals surface area contributed by atoms with Gasteiger partial charge in [0.05, 0.1) is 25.4 Å². The van der Waals surface area contributed by atoms with Crippen LogP contribution in [0.1, 0.15) is 40.4 Å². The van der Waals surface area contributed by atoms with Crippen LogP contribution in [0.25, 0.3) is 5.65 Å². The molecule has 1 saturated heterocycles. The first kappa shape index (κ1) is 22.1. The lowest BCUT2D eigenvalue weighted by Crippen LogP contribution is -2.42. The fourth-order valence-electron chi connectivity index (χ4n) is 3.94. The number of likely N-dealkylation sites (tertiary alicyclic amines) is 1. The van der Waals surface area contributed by atoms with Crippen molar-refractivity contribution in [1.29, 1.82) is 0 Å². The molecule has 0 saturated carbocycles. The molecule has 1 aliphatic heterocycles. The number of ether oxygens (including phenoxy) is 1. The molecule has 4 rings (SSSR count). The fourth-order valence-corrected chi connectivity index (χ4v) is 3.94. The second-order valence-electron chi connectivity index (χ2n) is 7.82. The minimum Gasteiger partial charge on any atom is -0.497 e. The quantitative estimate of drug-likeness (QED) is 0.365. The Morgan fingerprint density at radius 3 is 2.61 bits per heavy atom. The molecule has 11 nitrogen and oxygen atoms in total. The number of nitrogens with one attached hydrogen (secondary N) is 3. The predicted molar refractivity (Wildman–Crippen MR) is 118 cm³/mol. The molecule has 1 aliphatic rings. The van der Waals surface area contributed by atoms with Crippen molar-refractivity contribution >= 4 is 23.9 Å². The predicted octanol–water partition coefficient (Wildman–Crippen LogP) is 0.371. The number of aromatic nitrogens is 3. The van der Waals surface area contributed by atoms with Crippen molar-refractivity contribution < 1.29 is 19.1 Å². The molecule has 33 heavy (non-hydrogen) atoms. The second kappa shape index (κ2) is 9.55. The molecule has 1 aromatic carbocycles. The molecule has 3 amide bonds. The van der Waals surface area contributed by atoms with Crippen LogP contribution in [0.3, 0.4) is 0 Å². The van der Waals surface area contributed by atoms with E-state index in [-0.39, 0.29) is 29.1 Å². The van der Waals surface area contributed by atoms with E-state index >= 15 is 0 Å². The van der Waals surface area contributed by atoms with Crippen LogP contribution in [0.4, 0.5) is 0 Å². The zero-order chi connectivity index (χ0) is 23.4. The highest BCUT2D eigenvalue weighted by Crippen LogP contribution is 2.27. The number of fused-ring (bicyclic) bond motifs is 1. The number of carbonyl (C=O) groups is 3. The molecular weight excluding hydrogens is 428 g/mol. The normalized spacial score (nSPS) is 14.2. The van der Waals surface area contributed by atoms with E-state index in [0.29, 0.717) is 37.4 Å². The van der Waals surface area contributed by atoms with Gasteiger partial charge in [0.2, 0.25) is 12.3 Å². The van der Waals surface area contributed by atoms with E-state index in [1.165, 1.54) is 16.8 Å². The SMILES string of the molecule is COc1ccc(CC(=O)NNC(=O)c2cnn3c(C4CCN(C=O)CC4)cc(=O)[nH]c23)cc1. The van der Waals surface area contributed by atoms with Crippen LogP contribution in [-0.2, 0) is 16.0 Å². The summed E-state index contributed by atoms with van der Waals surface area (Å²) in [6.45, 7) is 1.19. The molecule has 1 fully saturated rings. The number of carbonyl (C=O) groups excluding carboxylic acids is 3. The smallest absolute Gasteiger partial charge is 0.275 e. The summed E-state index contributed by atoms with van der Waals surface area (Å²) in [7, 11) is 1.56. The molecule has 0 atom stereocenters. The standard InChI is InChI=1S/C22H24N6O5/c1-33-16-4-2-14(3-5-16)10-20(31)25-26-22(32)17-12-23-28-18(11-19(30)24-21(17)28)15-6-8-27(13-29)9-7-15/h2-5,11-13,15H,6-10H2,1H3,(H,24,30)(H,25,31)(H,26,32). The molecule has 11 heteroatoms. The minimum absolute atomic E-state index is 0.0333. The van der Waals surface area contributed by atoms with E-state index < -0.39 is 11.8 Å².